The highest BCUT2D eigenvalue weighted by molar-refractivity contribution is 6.03. The number of benzene rings is 7. The van der Waals surface area contributed by atoms with Crippen LogP contribution in [0.4, 0.5) is 0 Å². The molecule has 0 fully saturated rings. The lowest BCUT2D eigenvalue weighted by Gasteiger charge is -2.13. The normalized spacial score (nSPS) is 11.5. The number of imidazole rings is 1. The van der Waals surface area contributed by atoms with Crippen molar-refractivity contribution in [1.29, 1.82) is 0 Å². The van der Waals surface area contributed by atoms with Gasteiger partial charge >= 0.3 is 0 Å². The van der Waals surface area contributed by atoms with E-state index >= 15 is 0 Å². The van der Waals surface area contributed by atoms with Crippen molar-refractivity contribution in [3.05, 3.63) is 182 Å². The Hall–Kier alpha value is -6.91. The first-order valence-corrected chi connectivity index (χ1v) is 17.2. The van der Waals surface area contributed by atoms with Gasteiger partial charge in [0.25, 0.3) is 0 Å². The van der Waals surface area contributed by atoms with Gasteiger partial charge in [0.05, 0.1) is 28.1 Å². The SMILES string of the molecule is c1ccc(-c2cc(-c3ccccc3)nc(-c3cccc(-c4ccc(-c5nc6cccc7c6n5-c5ccccc5-c5ccccc5-7)cc4)c3)n2)cc1. The van der Waals surface area contributed by atoms with E-state index in [2.05, 4.69) is 150 Å². The first-order chi connectivity index (χ1) is 25.3. The van der Waals surface area contributed by atoms with E-state index in [0.717, 1.165) is 67.3 Å². The number of nitrogens with zero attached hydrogens (tertiary/aromatic N) is 4. The molecule has 3 heterocycles. The Kier molecular flexibility index (Phi) is 6.78. The van der Waals surface area contributed by atoms with Crippen molar-refractivity contribution >= 4 is 11.0 Å². The summed E-state index contributed by atoms with van der Waals surface area (Å²) in [5.74, 6) is 1.63. The summed E-state index contributed by atoms with van der Waals surface area (Å²) in [6, 6.07) is 63.7. The van der Waals surface area contributed by atoms with Gasteiger partial charge in [0.15, 0.2) is 5.82 Å². The summed E-state index contributed by atoms with van der Waals surface area (Å²) in [6.45, 7) is 0. The van der Waals surface area contributed by atoms with Crippen LogP contribution >= 0.6 is 0 Å². The molecule has 0 atom stereocenters. The van der Waals surface area contributed by atoms with Crippen molar-refractivity contribution in [1.82, 2.24) is 19.5 Å². The van der Waals surface area contributed by atoms with Gasteiger partial charge < -0.3 is 0 Å². The summed E-state index contributed by atoms with van der Waals surface area (Å²) in [6.07, 6.45) is 0. The predicted molar refractivity (Wildman–Crippen MR) is 208 cm³/mol. The van der Waals surface area contributed by atoms with Crippen molar-refractivity contribution in [3.8, 4) is 84.4 Å². The minimum absolute atomic E-state index is 0.698. The molecule has 4 heteroatoms. The monoisotopic (exact) mass is 650 g/mol. The number of fused-ring (bicyclic) bond motifs is 5. The van der Waals surface area contributed by atoms with Crippen molar-refractivity contribution in [3.63, 3.8) is 0 Å². The second kappa shape index (κ2) is 11.9. The standard InChI is InChI=1S/C47H30N4/c1-3-13-32(14-4-1)42-30-43(33-15-5-2-6-16-33)49-46(48-42)36-18-11-17-35(29-36)31-25-27-34(28-26-31)47-50-41-23-12-22-40-38-20-8-7-19-37(38)39-21-9-10-24-44(39)51(47)45(40)41/h1-30H. The number of hydrogen-bond donors (Lipinski definition) is 0. The van der Waals surface area contributed by atoms with Crippen molar-refractivity contribution < 1.29 is 0 Å². The van der Waals surface area contributed by atoms with Crippen LogP contribution in [0.1, 0.15) is 0 Å². The van der Waals surface area contributed by atoms with Gasteiger partial charge in [-0.15, -0.1) is 0 Å². The summed E-state index contributed by atoms with van der Waals surface area (Å²) in [7, 11) is 0. The third kappa shape index (κ3) is 4.96. The molecule has 7 aromatic carbocycles. The molecule has 9 aromatic rings. The largest absolute Gasteiger partial charge is 0.291 e. The third-order valence-corrected chi connectivity index (χ3v) is 9.79. The molecule has 51 heavy (non-hydrogen) atoms. The topological polar surface area (TPSA) is 43.6 Å². The van der Waals surface area contributed by atoms with E-state index in [1.54, 1.807) is 0 Å². The van der Waals surface area contributed by atoms with Crippen LogP contribution in [-0.4, -0.2) is 19.5 Å². The number of hydrogen-bond acceptors (Lipinski definition) is 3. The Labute approximate surface area is 296 Å². The number of aromatic nitrogens is 4. The second-order valence-corrected chi connectivity index (χ2v) is 12.9. The van der Waals surface area contributed by atoms with Crippen molar-refractivity contribution in [2.45, 2.75) is 0 Å². The van der Waals surface area contributed by atoms with E-state index < -0.39 is 0 Å². The first kappa shape index (κ1) is 29.0. The zero-order valence-electron chi connectivity index (χ0n) is 27.6. The highest BCUT2D eigenvalue weighted by Gasteiger charge is 2.25. The minimum atomic E-state index is 0.698. The Morgan fingerprint density at radius 1 is 0.333 bits per heavy atom. The van der Waals surface area contributed by atoms with Crippen LogP contribution in [0.15, 0.2) is 182 Å². The molecule has 0 radical (unpaired) electrons. The highest BCUT2D eigenvalue weighted by atomic mass is 15.1. The van der Waals surface area contributed by atoms with Gasteiger partial charge in [0.2, 0.25) is 0 Å². The van der Waals surface area contributed by atoms with Crippen molar-refractivity contribution in [2.24, 2.45) is 0 Å². The average Bonchev–Trinajstić information content (AvgIpc) is 3.56. The van der Waals surface area contributed by atoms with Gasteiger partial charge in [0, 0.05) is 33.4 Å². The molecule has 0 saturated heterocycles. The van der Waals surface area contributed by atoms with Gasteiger partial charge in [-0.1, -0.05) is 158 Å². The second-order valence-electron chi connectivity index (χ2n) is 12.9. The Morgan fingerprint density at radius 2 is 0.863 bits per heavy atom. The quantitative estimate of drug-likeness (QED) is 0.186. The van der Waals surface area contributed by atoms with E-state index in [0.29, 0.717) is 5.82 Å². The van der Waals surface area contributed by atoms with E-state index in [-0.39, 0.29) is 0 Å². The molecule has 0 spiro atoms. The molecule has 0 unspecified atom stereocenters. The maximum atomic E-state index is 5.24. The van der Waals surface area contributed by atoms with Crippen LogP contribution < -0.4 is 0 Å². The summed E-state index contributed by atoms with van der Waals surface area (Å²) in [5, 5.41) is 0. The van der Waals surface area contributed by atoms with Crippen LogP contribution in [0, 0.1) is 0 Å². The fraction of sp³-hybridized carbons (Fsp3) is 0. The van der Waals surface area contributed by atoms with Gasteiger partial charge in [0.1, 0.15) is 5.82 Å². The van der Waals surface area contributed by atoms with E-state index in [4.69, 9.17) is 15.0 Å². The lowest BCUT2D eigenvalue weighted by Crippen LogP contribution is -1.99. The van der Waals surface area contributed by atoms with Crippen LogP contribution in [0.25, 0.3) is 95.4 Å². The Balaban J connectivity index is 1.06. The fourth-order valence-corrected chi connectivity index (χ4v) is 7.36. The van der Waals surface area contributed by atoms with Gasteiger partial charge in [-0.05, 0) is 46.5 Å². The van der Waals surface area contributed by atoms with Crippen LogP contribution in [-0.2, 0) is 0 Å². The Bertz CT molecular complexity index is 2670. The van der Waals surface area contributed by atoms with Gasteiger partial charge in [-0.2, -0.15) is 0 Å². The maximum absolute atomic E-state index is 5.24. The third-order valence-electron chi connectivity index (χ3n) is 9.79. The molecule has 2 aromatic heterocycles. The van der Waals surface area contributed by atoms with Gasteiger partial charge in [-0.3, -0.25) is 4.57 Å². The van der Waals surface area contributed by atoms with Crippen molar-refractivity contribution in [2.75, 3.05) is 0 Å². The summed E-state index contributed by atoms with van der Waals surface area (Å²) >= 11 is 0. The molecule has 0 aliphatic carbocycles. The summed E-state index contributed by atoms with van der Waals surface area (Å²) in [4.78, 5) is 15.4. The predicted octanol–water partition coefficient (Wildman–Crippen LogP) is 11.8. The number of para-hydroxylation sites is 2. The molecule has 1 aliphatic heterocycles. The smallest absolute Gasteiger partial charge is 0.160 e. The molecule has 1 aliphatic rings. The summed E-state index contributed by atoms with van der Waals surface area (Å²) in [5.41, 5.74) is 16.3. The van der Waals surface area contributed by atoms with E-state index in [1.165, 1.54) is 22.3 Å². The Morgan fingerprint density at radius 3 is 1.57 bits per heavy atom. The molecule has 4 nitrogen and oxygen atoms in total. The zero-order chi connectivity index (χ0) is 33.7. The lowest BCUT2D eigenvalue weighted by atomic mass is 9.94. The summed E-state index contributed by atoms with van der Waals surface area (Å²) < 4.78 is 2.34. The van der Waals surface area contributed by atoms with E-state index in [9.17, 15) is 0 Å². The van der Waals surface area contributed by atoms with Crippen LogP contribution in [0.3, 0.4) is 0 Å². The molecule has 0 amide bonds. The molecule has 0 saturated carbocycles. The number of rotatable bonds is 5. The molecular formula is C47H30N4. The minimum Gasteiger partial charge on any atom is -0.291 e. The van der Waals surface area contributed by atoms with E-state index in [1.807, 2.05) is 36.4 Å². The first-order valence-electron chi connectivity index (χ1n) is 17.2. The molecule has 238 valence electrons. The average molecular weight is 651 g/mol. The molecule has 10 rings (SSSR count). The maximum Gasteiger partial charge on any atom is 0.160 e. The molecule has 0 bridgehead atoms. The van der Waals surface area contributed by atoms with Crippen LogP contribution in [0.5, 0.6) is 0 Å². The molecule has 0 N–H and O–H groups in total. The zero-order valence-corrected chi connectivity index (χ0v) is 27.6. The van der Waals surface area contributed by atoms with Crippen LogP contribution in [0.2, 0.25) is 0 Å². The lowest BCUT2D eigenvalue weighted by molar-refractivity contribution is 1.11. The van der Waals surface area contributed by atoms with Gasteiger partial charge in [-0.25, -0.2) is 15.0 Å². The molecular weight excluding hydrogens is 621 g/mol. The fourth-order valence-electron chi connectivity index (χ4n) is 7.36. The highest BCUT2D eigenvalue weighted by Crippen LogP contribution is 2.45.